The van der Waals surface area contributed by atoms with Crippen LogP contribution >= 0.6 is 0 Å². The van der Waals surface area contributed by atoms with E-state index in [9.17, 15) is 5.11 Å². The Morgan fingerprint density at radius 1 is 0.905 bits per heavy atom. The number of nitrogens with zero attached hydrogens (tertiary/aromatic N) is 1. The molecule has 112 valence electrons. The summed E-state index contributed by atoms with van der Waals surface area (Å²) >= 11 is 0. The molecule has 0 heterocycles. The van der Waals surface area contributed by atoms with Crippen LogP contribution in [0.5, 0.6) is 0 Å². The van der Waals surface area contributed by atoms with Gasteiger partial charge in [0.2, 0.25) is 0 Å². The average molecular weight is 285 g/mol. The Morgan fingerprint density at radius 3 is 2.10 bits per heavy atom. The van der Waals surface area contributed by atoms with E-state index in [-0.39, 0.29) is 19.3 Å². The van der Waals surface area contributed by atoms with Gasteiger partial charge in [0.25, 0.3) is 0 Å². The van der Waals surface area contributed by atoms with E-state index in [2.05, 4.69) is 24.1 Å². The second-order valence-electron chi connectivity index (χ2n) is 5.33. The summed E-state index contributed by atoms with van der Waals surface area (Å²) in [5, 5.41) is 18.4. The summed E-state index contributed by atoms with van der Waals surface area (Å²) < 4.78 is 0. The Balaban J connectivity index is 2.09. The lowest BCUT2D eigenvalue weighted by atomic mass is 10.0. The number of hydrogen-bond acceptors (Lipinski definition) is 3. The van der Waals surface area contributed by atoms with Crippen molar-refractivity contribution in [3.63, 3.8) is 0 Å². The molecular weight excluding hydrogens is 262 g/mol. The van der Waals surface area contributed by atoms with Crippen molar-refractivity contribution < 1.29 is 10.2 Å². The predicted octanol–water partition coefficient (Wildman–Crippen LogP) is 2.73. The molecule has 0 aliphatic carbocycles. The van der Waals surface area contributed by atoms with Crippen molar-refractivity contribution in [2.24, 2.45) is 0 Å². The van der Waals surface area contributed by atoms with Crippen molar-refractivity contribution in [3.8, 4) is 0 Å². The van der Waals surface area contributed by atoms with E-state index in [4.69, 9.17) is 5.11 Å². The molecule has 1 atom stereocenters. The number of aliphatic hydroxyl groups is 2. The molecule has 0 aromatic heterocycles. The smallest absolute Gasteiger partial charge is 0.0681 e. The maximum Gasteiger partial charge on any atom is 0.0681 e. The van der Waals surface area contributed by atoms with E-state index in [1.54, 1.807) is 0 Å². The van der Waals surface area contributed by atoms with Crippen molar-refractivity contribution in [1.29, 1.82) is 0 Å². The molecule has 3 heteroatoms. The van der Waals surface area contributed by atoms with E-state index in [0.29, 0.717) is 0 Å². The molecule has 0 aliphatic rings. The molecular formula is C18H23NO2. The molecule has 2 rings (SSSR count). The molecule has 0 fully saturated rings. The average Bonchev–Trinajstić information content (AvgIpc) is 2.54. The minimum Gasteiger partial charge on any atom is -0.396 e. The number of hydrogen-bond donors (Lipinski definition) is 2. The Labute approximate surface area is 126 Å². The highest BCUT2D eigenvalue weighted by Crippen LogP contribution is 2.24. The van der Waals surface area contributed by atoms with E-state index >= 15 is 0 Å². The summed E-state index contributed by atoms with van der Waals surface area (Å²) in [5.74, 6) is 0. The monoisotopic (exact) mass is 285 g/mol. The van der Waals surface area contributed by atoms with Crippen molar-refractivity contribution in [2.75, 3.05) is 13.7 Å². The number of aliphatic hydroxyl groups excluding tert-OH is 2. The van der Waals surface area contributed by atoms with Crippen LogP contribution in [0, 0.1) is 0 Å². The van der Waals surface area contributed by atoms with E-state index in [1.165, 1.54) is 11.1 Å². The molecule has 0 aliphatic heterocycles. The third kappa shape index (κ3) is 4.39. The molecule has 2 aromatic rings. The summed E-state index contributed by atoms with van der Waals surface area (Å²) in [6.45, 7) is 1.06. The lowest BCUT2D eigenvalue weighted by molar-refractivity contribution is 0.180. The van der Waals surface area contributed by atoms with Gasteiger partial charge in [-0.1, -0.05) is 54.6 Å². The van der Waals surface area contributed by atoms with Crippen LogP contribution in [0.4, 0.5) is 0 Å². The summed E-state index contributed by atoms with van der Waals surface area (Å²) in [6.07, 6.45) is 0.717. The van der Waals surface area contributed by atoms with Gasteiger partial charge in [0.1, 0.15) is 0 Å². The highest BCUT2D eigenvalue weighted by atomic mass is 16.3. The van der Waals surface area contributed by atoms with Crippen LogP contribution in [0.2, 0.25) is 0 Å². The zero-order valence-electron chi connectivity index (χ0n) is 12.4. The van der Waals surface area contributed by atoms with Crippen LogP contribution in [0.15, 0.2) is 54.6 Å². The normalized spacial score (nSPS) is 12.6. The van der Waals surface area contributed by atoms with Crippen LogP contribution in [-0.2, 0) is 13.2 Å². The molecule has 1 unspecified atom stereocenters. The second-order valence-corrected chi connectivity index (χ2v) is 5.33. The summed E-state index contributed by atoms with van der Waals surface area (Å²) in [4.78, 5) is 2.25. The first kappa shape index (κ1) is 15.7. The van der Waals surface area contributed by atoms with Gasteiger partial charge < -0.3 is 10.2 Å². The fraction of sp³-hybridized carbons (Fsp3) is 0.333. The van der Waals surface area contributed by atoms with Crippen molar-refractivity contribution >= 4 is 0 Å². The van der Waals surface area contributed by atoms with Gasteiger partial charge in [0, 0.05) is 19.2 Å². The third-order valence-electron chi connectivity index (χ3n) is 3.76. The zero-order chi connectivity index (χ0) is 15.1. The van der Waals surface area contributed by atoms with Crippen LogP contribution in [0.25, 0.3) is 0 Å². The SMILES string of the molecule is CN(Cc1ccc(CO)cc1)C(CCO)c1ccccc1. The first-order chi connectivity index (χ1) is 10.2. The molecule has 0 amide bonds. The lowest BCUT2D eigenvalue weighted by Crippen LogP contribution is -2.25. The first-order valence-electron chi connectivity index (χ1n) is 7.29. The standard InChI is InChI=1S/C18H23NO2/c1-19(13-15-7-9-16(14-21)10-8-15)18(11-12-20)17-5-3-2-4-6-17/h2-10,18,20-21H,11-14H2,1H3. The maximum absolute atomic E-state index is 9.33. The molecule has 0 saturated carbocycles. The first-order valence-corrected chi connectivity index (χ1v) is 7.29. The number of benzene rings is 2. The van der Waals surface area contributed by atoms with Crippen molar-refractivity contribution in [1.82, 2.24) is 4.90 Å². The topological polar surface area (TPSA) is 43.7 Å². The van der Waals surface area contributed by atoms with Crippen LogP contribution in [-0.4, -0.2) is 28.8 Å². The van der Waals surface area contributed by atoms with Gasteiger partial charge in [-0.3, -0.25) is 4.90 Å². The minimum atomic E-state index is 0.0767. The van der Waals surface area contributed by atoms with Gasteiger partial charge in [-0.25, -0.2) is 0 Å². The molecule has 0 bridgehead atoms. The molecule has 3 nitrogen and oxygen atoms in total. The van der Waals surface area contributed by atoms with Gasteiger partial charge in [-0.15, -0.1) is 0 Å². The molecule has 2 N–H and O–H groups in total. The fourth-order valence-corrected chi connectivity index (χ4v) is 2.59. The van der Waals surface area contributed by atoms with Crippen LogP contribution in [0.3, 0.4) is 0 Å². The quantitative estimate of drug-likeness (QED) is 0.822. The van der Waals surface area contributed by atoms with Crippen molar-refractivity contribution in [2.45, 2.75) is 25.6 Å². The fourth-order valence-electron chi connectivity index (χ4n) is 2.59. The summed E-state index contributed by atoms with van der Waals surface area (Å²) in [7, 11) is 2.08. The van der Waals surface area contributed by atoms with E-state index in [0.717, 1.165) is 18.5 Å². The summed E-state index contributed by atoms with van der Waals surface area (Å²) in [6, 6.07) is 18.5. The van der Waals surface area contributed by atoms with Crippen LogP contribution < -0.4 is 0 Å². The minimum absolute atomic E-state index is 0.0767. The second kappa shape index (κ2) is 7.93. The van der Waals surface area contributed by atoms with Gasteiger partial charge >= 0.3 is 0 Å². The molecule has 0 saturated heterocycles. The van der Waals surface area contributed by atoms with Gasteiger partial charge in [0.05, 0.1) is 6.61 Å². The van der Waals surface area contributed by atoms with Crippen molar-refractivity contribution in [3.05, 3.63) is 71.3 Å². The third-order valence-corrected chi connectivity index (χ3v) is 3.76. The Bertz CT molecular complexity index is 525. The highest BCUT2D eigenvalue weighted by molar-refractivity contribution is 5.23. The Morgan fingerprint density at radius 2 is 1.52 bits per heavy atom. The van der Waals surface area contributed by atoms with Gasteiger partial charge in [-0.2, -0.15) is 0 Å². The largest absolute Gasteiger partial charge is 0.396 e. The number of rotatable bonds is 7. The van der Waals surface area contributed by atoms with Gasteiger partial charge in [-0.05, 0) is 30.2 Å². The molecule has 2 aromatic carbocycles. The maximum atomic E-state index is 9.33. The zero-order valence-corrected chi connectivity index (χ0v) is 12.4. The Kier molecular flexibility index (Phi) is 5.93. The molecule has 0 radical (unpaired) electrons. The van der Waals surface area contributed by atoms with Crippen LogP contribution in [0.1, 0.15) is 29.2 Å². The van der Waals surface area contributed by atoms with Gasteiger partial charge in [0.15, 0.2) is 0 Å². The molecule has 21 heavy (non-hydrogen) atoms. The predicted molar refractivity (Wildman–Crippen MR) is 84.7 cm³/mol. The highest BCUT2D eigenvalue weighted by Gasteiger charge is 2.16. The van der Waals surface area contributed by atoms with E-state index in [1.807, 2.05) is 42.5 Å². The summed E-state index contributed by atoms with van der Waals surface area (Å²) in [5.41, 5.74) is 3.35. The Hall–Kier alpha value is -1.68. The van der Waals surface area contributed by atoms with E-state index < -0.39 is 0 Å². The lowest BCUT2D eigenvalue weighted by Gasteiger charge is -2.28. The molecule has 0 spiro atoms.